The molecule has 0 spiro atoms. The zero-order chi connectivity index (χ0) is 23.8. The summed E-state index contributed by atoms with van der Waals surface area (Å²) in [5.41, 5.74) is 2.55. The second-order valence-corrected chi connectivity index (χ2v) is 10.4. The maximum absolute atomic E-state index is 12.5. The van der Waals surface area contributed by atoms with Crippen LogP contribution in [0.5, 0.6) is 0 Å². The van der Waals surface area contributed by atoms with Gasteiger partial charge in [-0.1, -0.05) is 6.07 Å². The summed E-state index contributed by atoms with van der Waals surface area (Å²) in [7, 11) is -0.487. The smallest absolute Gasteiger partial charge is 0.271 e. The van der Waals surface area contributed by atoms with Gasteiger partial charge in [0.1, 0.15) is 5.82 Å². The number of rotatable bonds is 7. The number of hydrogen-bond donors (Lipinski definition) is 0. The van der Waals surface area contributed by atoms with Gasteiger partial charge in [0, 0.05) is 64.6 Å². The molecule has 1 aromatic heterocycles. The molecule has 33 heavy (non-hydrogen) atoms. The predicted molar refractivity (Wildman–Crippen MR) is 127 cm³/mol. The van der Waals surface area contributed by atoms with Crippen molar-refractivity contribution in [2.45, 2.75) is 24.9 Å². The molecule has 0 unspecified atom stereocenters. The number of aryl methyl sites for hydroxylation is 1. The Morgan fingerprint density at radius 2 is 1.82 bits per heavy atom. The number of nitro groups is 1. The number of aromatic nitrogens is 2. The second kappa shape index (κ2) is 9.08. The highest BCUT2D eigenvalue weighted by Gasteiger charge is 2.23. The number of fused-ring (bicyclic) bond motifs is 1. The Kier molecular flexibility index (Phi) is 6.37. The first kappa shape index (κ1) is 23.1. The Balaban J connectivity index is 1.50. The molecule has 0 bridgehead atoms. The molecule has 0 aliphatic carbocycles. The fourth-order valence-corrected chi connectivity index (χ4v) is 5.09. The molecule has 2 aromatic carbocycles. The van der Waals surface area contributed by atoms with E-state index in [1.54, 1.807) is 24.3 Å². The first-order chi connectivity index (χ1) is 15.7. The highest BCUT2D eigenvalue weighted by Crippen LogP contribution is 2.25. The van der Waals surface area contributed by atoms with Crippen molar-refractivity contribution >= 4 is 32.4 Å². The van der Waals surface area contributed by atoms with Crippen LogP contribution in [0.25, 0.3) is 11.0 Å². The third kappa shape index (κ3) is 4.56. The van der Waals surface area contributed by atoms with Gasteiger partial charge >= 0.3 is 0 Å². The van der Waals surface area contributed by atoms with Gasteiger partial charge in [-0.25, -0.2) is 17.7 Å². The van der Waals surface area contributed by atoms with Gasteiger partial charge in [0.15, 0.2) is 0 Å². The van der Waals surface area contributed by atoms with Gasteiger partial charge in [-0.15, -0.1) is 0 Å². The van der Waals surface area contributed by atoms with Crippen LogP contribution in [0.3, 0.4) is 0 Å². The number of imidazole rings is 1. The summed E-state index contributed by atoms with van der Waals surface area (Å²) in [6.45, 7) is 6.57. The van der Waals surface area contributed by atoms with Crippen LogP contribution in [0, 0.1) is 10.1 Å². The van der Waals surface area contributed by atoms with Crippen molar-refractivity contribution in [3.05, 3.63) is 58.4 Å². The van der Waals surface area contributed by atoms with Gasteiger partial charge in [-0.05, 0) is 31.2 Å². The van der Waals surface area contributed by atoms with E-state index < -0.39 is 10.0 Å². The van der Waals surface area contributed by atoms with Crippen molar-refractivity contribution in [2.24, 2.45) is 0 Å². The number of benzene rings is 2. The van der Waals surface area contributed by atoms with Crippen molar-refractivity contribution in [2.75, 3.05) is 45.2 Å². The maximum Gasteiger partial charge on any atom is 0.271 e. The number of non-ortho nitro benzene ring substituents is 1. The zero-order valence-electron chi connectivity index (χ0n) is 19.0. The third-order valence-electron chi connectivity index (χ3n) is 6.04. The number of piperazine rings is 1. The van der Waals surface area contributed by atoms with Crippen molar-refractivity contribution in [1.29, 1.82) is 0 Å². The van der Waals surface area contributed by atoms with E-state index in [1.165, 1.54) is 24.5 Å². The topological polar surface area (TPSA) is 105 Å². The van der Waals surface area contributed by atoms with Crippen molar-refractivity contribution in [1.82, 2.24) is 18.8 Å². The summed E-state index contributed by atoms with van der Waals surface area (Å²) in [6, 6.07) is 11.8. The van der Waals surface area contributed by atoms with E-state index in [9.17, 15) is 18.5 Å². The molecule has 3 aromatic rings. The summed E-state index contributed by atoms with van der Waals surface area (Å²) in [5.74, 6) is 0.899. The van der Waals surface area contributed by atoms with Gasteiger partial charge in [0.2, 0.25) is 10.0 Å². The van der Waals surface area contributed by atoms with Crippen molar-refractivity contribution < 1.29 is 13.3 Å². The van der Waals surface area contributed by atoms with E-state index in [-0.39, 0.29) is 15.5 Å². The highest BCUT2D eigenvalue weighted by atomic mass is 32.2. The van der Waals surface area contributed by atoms with Gasteiger partial charge in [-0.2, -0.15) is 0 Å². The second-order valence-electron chi connectivity index (χ2n) is 8.25. The highest BCUT2D eigenvalue weighted by molar-refractivity contribution is 7.89. The summed E-state index contributed by atoms with van der Waals surface area (Å²) in [5, 5.41) is 11.1. The molecule has 11 heteroatoms. The number of nitro benzene ring substituents is 1. The van der Waals surface area contributed by atoms with E-state index in [4.69, 9.17) is 4.98 Å². The van der Waals surface area contributed by atoms with Crippen LogP contribution in [-0.4, -0.2) is 72.4 Å². The van der Waals surface area contributed by atoms with E-state index >= 15 is 0 Å². The van der Waals surface area contributed by atoms with E-state index in [0.29, 0.717) is 12.1 Å². The SMILES string of the molecule is CCn1c(CN2CCN(c3cccc([N+](=O)[O-])c3)CC2)nc2cc(S(=O)(=O)N(C)C)ccc21. The maximum atomic E-state index is 12.5. The molecule has 0 atom stereocenters. The molecule has 1 fully saturated rings. The number of hydrogen-bond acceptors (Lipinski definition) is 7. The lowest BCUT2D eigenvalue weighted by Gasteiger charge is -2.35. The first-order valence-corrected chi connectivity index (χ1v) is 12.3. The predicted octanol–water partition coefficient (Wildman–Crippen LogP) is 2.54. The molecule has 10 nitrogen and oxygen atoms in total. The number of nitrogens with zero attached hydrogens (tertiary/aromatic N) is 6. The Hall–Kier alpha value is -3.02. The molecule has 1 saturated heterocycles. The zero-order valence-corrected chi connectivity index (χ0v) is 19.8. The van der Waals surface area contributed by atoms with Crippen LogP contribution in [0.1, 0.15) is 12.7 Å². The fraction of sp³-hybridized carbons (Fsp3) is 0.409. The van der Waals surface area contributed by atoms with Crippen LogP contribution in [-0.2, 0) is 23.1 Å². The normalized spacial score (nSPS) is 15.5. The average Bonchev–Trinajstić information content (AvgIpc) is 3.15. The molecule has 0 amide bonds. The Labute approximate surface area is 193 Å². The van der Waals surface area contributed by atoms with Crippen LogP contribution in [0.15, 0.2) is 47.4 Å². The lowest BCUT2D eigenvalue weighted by atomic mass is 10.2. The van der Waals surface area contributed by atoms with Gasteiger partial charge in [-0.3, -0.25) is 15.0 Å². The van der Waals surface area contributed by atoms with Gasteiger partial charge < -0.3 is 9.47 Å². The molecule has 4 rings (SSSR count). The van der Waals surface area contributed by atoms with Crippen molar-refractivity contribution in [3.63, 3.8) is 0 Å². The minimum Gasteiger partial charge on any atom is -0.369 e. The molecule has 0 saturated carbocycles. The van der Waals surface area contributed by atoms with E-state index in [0.717, 1.165) is 49.8 Å². The molecular formula is C22H28N6O4S. The summed E-state index contributed by atoms with van der Waals surface area (Å²) in [4.78, 5) is 20.2. The monoisotopic (exact) mass is 472 g/mol. The van der Waals surface area contributed by atoms with Gasteiger partial charge in [0.25, 0.3) is 5.69 Å². The molecule has 2 heterocycles. The average molecular weight is 473 g/mol. The quantitative estimate of drug-likeness (QED) is 0.384. The fourth-order valence-electron chi connectivity index (χ4n) is 4.17. The molecule has 1 aliphatic rings. The summed E-state index contributed by atoms with van der Waals surface area (Å²) < 4.78 is 28.3. The molecule has 0 radical (unpaired) electrons. The Morgan fingerprint density at radius 1 is 1.09 bits per heavy atom. The van der Waals surface area contributed by atoms with E-state index in [1.807, 2.05) is 12.1 Å². The van der Waals surface area contributed by atoms with Crippen LogP contribution >= 0.6 is 0 Å². The first-order valence-electron chi connectivity index (χ1n) is 10.8. The lowest BCUT2D eigenvalue weighted by molar-refractivity contribution is -0.384. The minimum atomic E-state index is -3.52. The molecular weight excluding hydrogens is 444 g/mol. The van der Waals surface area contributed by atoms with Crippen molar-refractivity contribution in [3.8, 4) is 0 Å². The van der Waals surface area contributed by atoms with Crippen LogP contribution < -0.4 is 4.90 Å². The number of sulfonamides is 1. The third-order valence-corrected chi connectivity index (χ3v) is 7.85. The van der Waals surface area contributed by atoms with E-state index in [2.05, 4.69) is 21.3 Å². The molecule has 1 aliphatic heterocycles. The largest absolute Gasteiger partial charge is 0.369 e. The molecule has 0 N–H and O–H groups in total. The standard InChI is InChI=1S/C22H28N6O4S/c1-4-27-21-9-8-19(33(31,32)24(2)3)15-20(21)23-22(27)16-25-10-12-26(13-11-25)17-6-5-7-18(14-17)28(29)30/h5-9,14-15H,4,10-13,16H2,1-3H3. The summed E-state index contributed by atoms with van der Waals surface area (Å²) >= 11 is 0. The minimum absolute atomic E-state index is 0.0993. The van der Waals surface area contributed by atoms with Crippen LogP contribution in [0.2, 0.25) is 0 Å². The lowest BCUT2D eigenvalue weighted by Crippen LogP contribution is -2.46. The Morgan fingerprint density at radius 3 is 2.45 bits per heavy atom. The van der Waals surface area contributed by atoms with Crippen LogP contribution in [0.4, 0.5) is 11.4 Å². The Bertz CT molecular complexity index is 1280. The van der Waals surface area contributed by atoms with Gasteiger partial charge in [0.05, 0.1) is 27.4 Å². The molecule has 176 valence electrons. The number of anilines is 1. The summed E-state index contributed by atoms with van der Waals surface area (Å²) in [6.07, 6.45) is 0.